The largest absolute Gasteiger partial charge is 0.394 e. The number of rotatable bonds is 7. The predicted octanol–water partition coefficient (Wildman–Crippen LogP) is 2.83. The average molecular weight is 290 g/mol. The van der Waals surface area contributed by atoms with Crippen molar-refractivity contribution in [2.45, 2.75) is 45.1 Å². The fourth-order valence-electron chi connectivity index (χ4n) is 3.47. The Morgan fingerprint density at radius 1 is 1.38 bits per heavy atom. The highest BCUT2D eigenvalue weighted by molar-refractivity contribution is 5.55. The number of likely N-dealkylation sites (N-methyl/N-ethyl adjacent to an activating group) is 1. The predicted molar refractivity (Wildman–Crippen MR) is 89.9 cm³/mol. The zero-order chi connectivity index (χ0) is 15.3. The molecule has 0 amide bonds. The highest BCUT2D eigenvalue weighted by atomic mass is 16.3. The van der Waals surface area contributed by atoms with Crippen molar-refractivity contribution in [2.75, 3.05) is 31.6 Å². The molecule has 0 radical (unpaired) electrons. The van der Waals surface area contributed by atoms with Crippen LogP contribution in [0.15, 0.2) is 24.3 Å². The molecule has 3 nitrogen and oxygen atoms in total. The first-order chi connectivity index (χ1) is 10.1. The Balaban J connectivity index is 1.97. The fraction of sp³-hybridized carbons (Fsp3) is 0.667. The summed E-state index contributed by atoms with van der Waals surface area (Å²) < 4.78 is 0. The van der Waals surface area contributed by atoms with Gasteiger partial charge in [-0.05, 0) is 50.3 Å². The van der Waals surface area contributed by atoms with E-state index in [-0.39, 0.29) is 12.1 Å². The van der Waals surface area contributed by atoms with E-state index in [0.29, 0.717) is 0 Å². The summed E-state index contributed by atoms with van der Waals surface area (Å²) in [6.45, 7) is 6.91. The second-order valence-electron chi connectivity index (χ2n) is 6.53. The summed E-state index contributed by atoms with van der Waals surface area (Å²) in [5.41, 5.74) is 2.78. The molecular weight excluding hydrogens is 260 g/mol. The van der Waals surface area contributed by atoms with Gasteiger partial charge in [-0.2, -0.15) is 0 Å². The van der Waals surface area contributed by atoms with Crippen LogP contribution in [-0.2, 0) is 6.42 Å². The van der Waals surface area contributed by atoms with E-state index in [0.717, 1.165) is 38.3 Å². The van der Waals surface area contributed by atoms with Gasteiger partial charge in [0.05, 0.1) is 6.61 Å². The molecule has 2 atom stereocenters. The van der Waals surface area contributed by atoms with E-state index in [1.54, 1.807) is 0 Å². The molecule has 0 aliphatic carbocycles. The molecule has 0 spiro atoms. The number of aliphatic hydroxyl groups is 1. The van der Waals surface area contributed by atoms with Crippen LogP contribution < -0.4 is 10.2 Å². The first kappa shape index (κ1) is 16.3. The Labute approximate surface area is 129 Å². The van der Waals surface area contributed by atoms with Crippen molar-refractivity contribution >= 4 is 5.69 Å². The number of nitrogens with one attached hydrogen (secondary N) is 1. The number of hydrogen-bond donors (Lipinski definition) is 2. The number of fused-ring (bicyclic) bond motifs is 1. The molecule has 118 valence electrons. The third kappa shape index (κ3) is 3.78. The molecule has 2 N–H and O–H groups in total. The Morgan fingerprint density at radius 2 is 2.14 bits per heavy atom. The van der Waals surface area contributed by atoms with Crippen LogP contribution in [0.1, 0.15) is 38.7 Å². The van der Waals surface area contributed by atoms with E-state index >= 15 is 0 Å². The van der Waals surface area contributed by atoms with Gasteiger partial charge in [0.15, 0.2) is 0 Å². The third-order valence-electron chi connectivity index (χ3n) is 5.03. The number of aliphatic hydroxyl groups excluding tert-OH is 1. The van der Waals surface area contributed by atoms with Crippen molar-refractivity contribution in [3.05, 3.63) is 29.8 Å². The summed E-state index contributed by atoms with van der Waals surface area (Å²) in [6.07, 6.45) is 4.28. The lowest BCUT2D eigenvalue weighted by Crippen LogP contribution is -2.46. The van der Waals surface area contributed by atoms with Crippen molar-refractivity contribution in [3.8, 4) is 0 Å². The maximum atomic E-state index is 9.64. The second kappa shape index (κ2) is 7.28. The average Bonchev–Trinajstić information content (AvgIpc) is 2.52. The lowest BCUT2D eigenvalue weighted by Gasteiger charge is -2.36. The van der Waals surface area contributed by atoms with Crippen LogP contribution in [0.25, 0.3) is 0 Å². The quantitative estimate of drug-likeness (QED) is 0.810. The summed E-state index contributed by atoms with van der Waals surface area (Å²) in [7, 11) is 1.96. The smallest absolute Gasteiger partial charge is 0.0613 e. The van der Waals surface area contributed by atoms with Gasteiger partial charge in [-0.25, -0.2) is 0 Å². The molecule has 1 aliphatic rings. The van der Waals surface area contributed by atoms with Crippen molar-refractivity contribution in [3.63, 3.8) is 0 Å². The van der Waals surface area contributed by atoms with Gasteiger partial charge in [0.2, 0.25) is 0 Å². The number of nitrogens with zero attached hydrogens (tertiary/aromatic N) is 1. The summed E-state index contributed by atoms with van der Waals surface area (Å²) in [4.78, 5) is 2.52. The zero-order valence-corrected chi connectivity index (χ0v) is 13.7. The third-order valence-corrected chi connectivity index (χ3v) is 5.03. The van der Waals surface area contributed by atoms with Crippen LogP contribution >= 0.6 is 0 Å². The molecule has 1 aromatic rings. The molecule has 1 aromatic carbocycles. The summed E-state index contributed by atoms with van der Waals surface area (Å²) in [6, 6.07) is 8.79. The van der Waals surface area contributed by atoms with Crippen LogP contribution in [0.3, 0.4) is 0 Å². The van der Waals surface area contributed by atoms with E-state index in [4.69, 9.17) is 0 Å². The number of benzene rings is 1. The lowest BCUT2D eigenvalue weighted by atomic mass is 9.90. The second-order valence-corrected chi connectivity index (χ2v) is 6.53. The number of para-hydroxylation sites is 1. The van der Waals surface area contributed by atoms with Crippen molar-refractivity contribution < 1.29 is 5.11 Å². The molecule has 1 aliphatic heterocycles. The normalized spacial score (nSPS) is 21.0. The Morgan fingerprint density at radius 3 is 2.81 bits per heavy atom. The van der Waals surface area contributed by atoms with Crippen LogP contribution in [0.5, 0.6) is 0 Å². The zero-order valence-electron chi connectivity index (χ0n) is 13.7. The summed E-state index contributed by atoms with van der Waals surface area (Å²) in [5.74, 6) is 0.720. The first-order valence-corrected chi connectivity index (χ1v) is 8.26. The molecule has 2 rings (SSSR count). The van der Waals surface area contributed by atoms with E-state index in [9.17, 15) is 5.11 Å². The molecule has 2 unspecified atom stereocenters. The van der Waals surface area contributed by atoms with Gasteiger partial charge in [0.25, 0.3) is 0 Å². The van der Waals surface area contributed by atoms with Crippen LogP contribution in [0.2, 0.25) is 0 Å². The molecule has 0 saturated heterocycles. The Hall–Kier alpha value is -1.06. The van der Waals surface area contributed by atoms with E-state index in [2.05, 4.69) is 48.3 Å². The van der Waals surface area contributed by atoms with Crippen molar-refractivity contribution in [2.24, 2.45) is 5.92 Å². The fourth-order valence-corrected chi connectivity index (χ4v) is 3.47. The minimum Gasteiger partial charge on any atom is -0.394 e. The van der Waals surface area contributed by atoms with Crippen LogP contribution in [0, 0.1) is 5.92 Å². The monoisotopic (exact) mass is 290 g/mol. The van der Waals surface area contributed by atoms with Gasteiger partial charge in [-0.1, -0.05) is 32.0 Å². The molecular formula is C18H30N2O. The molecule has 3 heteroatoms. The highest BCUT2D eigenvalue weighted by Crippen LogP contribution is 2.30. The minimum atomic E-state index is -0.110. The summed E-state index contributed by atoms with van der Waals surface area (Å²) in [5, 5.41) is 12.9. The van der Waals surface area contributed by atoms with Gasteiger partial charge >= 0.3 is 0 Å². The molecule has 0 saturated carbocycles. The standard InChI is InChI=1S/C18H30N2O/c1-4-18(14-21,19-3)10-7-11-20-13-15(2)12-16-8-5-6-9-17(16)20/h5-6,8-9,15,19,21H,4,7,10-14H2,1-3H3. The number of hydrogen-bond acceptors (Lipinski definition) is 3. The maximum absolute atomic E-state index is 9.64. The highest BCUT2D eigenvalue weighted by Gasteiger charge is 2.26. The van der Waals surface area contributed by atoms with Crippen LogP contribution in [-0.4, -0.2) is 37.4 Å². The molecule has 0 fully saturated rings. The van der Waals surface area contributed by atoms with E-state index < -0.39 is 0 Å². The Kier molecular flexibility index (Phi) is 5.65. The van der Waals surface area contributed by atoms with Gasteiger partial charge in [-0.3, -0.25) is 0 Å². The van der Waals surface area contributed by atoms with Gasteiger partial charge in [0.1, 0.15) is 0 Å². The van der Waals surface area contributed by atoms with Gasteiger partial charge < -0.3 is 15.3 Å². The molecule has 1 heterocycles. The molecule has 21 heavy (non-hydrogen) atoms. The molecule has 0 aromatic heterocycles. The van der Waals surface area contributed by atoms with E-state index in [1.807, 2.05) is 7.05 Å². The summed E-state index contributed by atoms with van der Waals surface area (Å²) >= 11 is 0. The topological polar surface area (TPSA) is 35.5 Å². The minimum absolute atomic E-state index is 0.110. The van der Waals surface area contributed by atoms with Crippen molar-refractivity contribution in [1.82, 2.24) is 5.32 Å². The maximum Gasteiger partial charge on any atom is 0.0613 e. The number of anilines is 1. The SMILES string of the molecule is CCC(CO)(CCCN1CC(C)Cc2ccccc21)NC. The first-order valence-electron chi connectivity index (χ1n) is 8.26. The van der Waals surface area contributed by atoms with Crippen molar-refractivity contribution in [1.29, 1.82) is 0 Å². The Bertz CT molecular complexity index is 434. The van der Waals surface area contributed by atoms with Gasteiger partial charge in [0, 0.05) is 24.3 Å². The van der Waals surface area contributed by atoms with Gasteiger partial charge in [-0.15, -0.1) is 0 Å². The van der Waals surface area contributed by atoms with Crippen LogP contribution in [0.4, 0.5) is 5.69 Å². The lowest BCUT2D eigenvalue weighted by molar-refractivity contribution is 0.153. The van der Waals surface area contributed by atoms with E-state index in [1.165, 1.54) is 17.7 Å². The molecule has 0 bridgehead atoms.